The van der Waals surface area contributed by atoms with E-state index in [4.69, 9.17) is 16.7 Å². The number of carbonyl (C=O) groups excluding carboxylic acids is 1. The van der Waals surface area contributed by atoms with E-state index >= 15 is 0 Å². The monoisotopic (exact) mass is 454 g/mol. The summed E-state index contributed by atoms with van der Waals surface area (Å²) < 4.78 is 0. The molecule has 0 bridgehead atoms. The molecule has 0 spiro atoms. The Morgan fingerprint density at radius 3 is 2.56 bits per heavy atom. The number of amides is 1. The summed E-state index contributed by atoms with van der Waals surface area (Å²) in [5.74, 6) is -0.399. The van der Waals surface area contributed by atoms with Gasteiger partial charge >= 0.3 is 5.97 Å². The number of aromatic amines is 1. The number of carboxylic acid groups (broad SMARTS) is 1. The normalized spacial score (nSPS) is 18.6. The molecule has 2 fully saturated rings. The summed E-state index contributed by atoms with van der Waals surface area (Å²) in [6, 6.07) is 9.55. The zero-order valence-electron chi connectivity index (χ0n) is 17.8. The van der Waals surface area contributed by atoms with Gasteiger partial charge in [0, 0.05) is 40.7 Å². The van der Waals surface area contributed by atoms with Gasteiger partial charge in [0.15, 0.2) is 0 Å². The van der Waals surface area contributed by atoms with Crippen LogP contribution < -0.4 is 10.9 Å². The lowest BCUT2D eigenvalue weighted by molar-refractivity contribution is -0.137. The first kappa shape index (κ1) is 22.3. The lowest BCUT2D eigenvalue weighted by atomic mass is 9.96. The minimum atomic E-state index is -0.790. The highest BCUT2D eigenvalue weighted by Crippen LogP contribution is 2.38. The Hall–Kier alpha value is -2.86. The average molecular weight is 455 g/mol. The maximum absolute atomic E-state index is 12.6. The molecular weight excluding hydrogens is 428 g/mol. The number of aryl methyl sites for hydroxylation is 1. The summed E-state index contributed by atoms with van der Waals surface area (Å²) in [5, 5.41) is 12.4. The molecule has 1 aliphatic heterocycles. The number of unbranched alkanes of at least 4 members (excludes halogenated alkanes) is 1. The first-order valence-electron chi connectivity index (χ1n) is 11.2. The van der Waals surface area contributed by atoms with Crippen molar-refractivity contribution in [3.8, 4) is 0 Å². The van der Waals surface area contributed by atoms with Crippen molar-refractivity contribution in [1.29, 1.82) is 0 Å². The van der Waals surface area contributed by atoms with Gasteiger partial charge in [0.1, 0.15) is 0 Å². The molecule has 0 unspecified atom stereocenters. The van der Waals surface area contributed by atoms with Crippen LogP contribution in [0.3, 0.4) is 0 Å². The predicted octanol–water partition coefficient (Wildman–Crippen LogP) is 4.41. The number of hydrogen-bond donors (Lipinski definition) is 3. The van der Waals surface area contributed by atoms with E-state index in [0.29, 0.717) is 42.3 Å². The molecule has 1 aromatic carbocycles. The minimum absolute atomic E-state index is 0.0258. The molecule has 2 aromatic rings. The highest BCUT2D eigenvalue weighted by Gasteiger charge is 2.27. The van der Waals surface area contributed by atoms with Crippen molar-refractivity contribution in [2.45, 2.75) is 63.3 Å². The number of carbonyl (C=O) groups is 2. The Morgan fingerprint density at radius 1 is 1.12 bits per heavy atom. The lowest BCUT2D eigenvalue weighted by Gasteiger charge is -2.14. The van der Waals surface area contributed by atoms with Gasteiger partial charge in [-0.1, -0.05) is 35.9 Å². The predicted molar refractivity (Wildman–Crippen MR) is 124 cm³/mol. The Bertz CT molecular complexity index is 1120. The maximum atomic E-state index is 12.6. The number of pyridine rings is 1. The topological polar surface area (TPSA) is 99.3 Å². The molecule has 1 aromatic heterocycles. The number of carboxylic acids is 1. The van der Waals surface area contributed by atoms with Crippen molar-refractivity contribution in [1.82, 2.24) is 10.3 Å². The number of nitrogens with one attached hydrogen (secondary N) is 2. The van der Waals surface area contributed by atoms with E-state index < -0.39 is 5.97 Å². The van der Waals surface area contributed by atoms with Crippen LogP contribution in [0.5, 0.6) is 0 Å². The third-order valence-corrected chi connectivity index (χ3v) is 6.45. The Kier molecular flexibility index (Phi) is 6.80. The van der Waals surface area contributed by atoms with Crippen LogP contribution in [0.25, 0.3) is 5.57 Å². The van der Waals surface area contributed by atoms with E-state index in [1.807, 2.05) is 36.4 Å². The highest BCUT2D eigenvalue weighted by molar-refractivity contribution is 6.31. The smallest absolute Gasteiger partial charge is 0.303 e. The zero-order valence-corrected chi connectivity index (χ0v) is 18.6. The van der Waals surface area contributed by atoms with Gasteiger partial charge in [-0.25, -0.2) is 0 Å². The summed E-state index contributed by atoms with van der Waals surface area (Å²) in [4.78, 5) is 38.1. The Morgan fingerprint density at radius 2 is 1.94 bits per heavy atom. The number of aliphatic carboxylic acids is 1. The molecule has 32 heavy (non-hydrogen) atoms. The molecule has 1 aliphatic carbocycles. The van der Waals surface area contributed by atoms with E-state index in [9.17, 15) is 14.4 Å². The quantitative estimate of drug-likeness (QED) is 0.488. The van der Waals surface area contributed by atoms with Crippen LogP contribution in [0, 0.1) is 0 Å². The molecule has 1 saturated heterocycles. The summed E-state index contributed by atoms with van der Waals surface area (Å²) >= 11 is 6.56. The number of aromatic nitrogens is 1. The van der Waals surface area contributed by atoms with Gasteiger partial charge in [-0.15, -0.1) is 0 Å². The molecule has 3 N–H and O–H groups in total. The number of H-pyrrole nitrogens is 1. The third kappa shape index (κ3) is 5.49. The fraction of sp³-hybridized carbons (Fsp3) is 0.400. The van der Waals surface area contributed by atoms with Crippen LogP contribution in [0.4, 0.5) is 0 Å². The van der Waals surface area contributed by atoms with Gasteiger partial charge < -0.3 is 15.4 Å². The molecule has 2 aliphatic rings. The second-order valence-electron chi connectivity index (χ2n) is 8.63. The highest BCUT2D eigenvalue weighted by atomic mass is 35.5. The van der Waals surface area contributed by atoms with Crippen LogP contribution in [0.2, 0.25) is 5.02 Å². The van der Waals surface area contributed by atoms with Crippen molar-refractivity contribution >= 4 is 29.1 Å². The van der Waals surface area contributed by atoms with Crippen molar-refractivity contribution in [2.24, 2.45) is 0 Å². The minimum Gasteiger partial charge on any atom is -0.481 e. The van der Waals surface area contributed by atoms with E-state index in [2.05, 4.69) is 10.3 Å². The number of hydrogen-bond acceptors (Lipinski definition) is 3. The lowest BCUT2D eigenvalue weighted by Crippen LogP contribution is -2.23. The zero-order chi connectivity index (χ0) is 22.7. The summed E-state index contributed by atoms with van der Waals surface area (Å²) in [6.07, 6.45) is 7.52. The molecule has 0 radical (unpaired) electrons. The van der Waals surface area contributed by atoms with Crippen molar-refractivity contribution < 1.29 is 14.7 Å². The second-order valence-corrected chi connectivity index (χ2v) is 9.04. The number of halogens is 1. The number of benzene rings is 1. The van der Waals surface area contributed by atoms with E-state index in [1.165, 1.54) is 0 Å². The first-order chi connectivity index (χ1) is 15.4. The van der Waals surface area contributed by atoms with Crippen molar-refractivity contribution in [3.63, 3.8) is 0 Å². The van der Waals surface area contributed by atoms with Crippen molar-refractivity contribution in [2.75, 3.05) is 0 Å². The van der Waals surface area contributed by atoms with E-state index in [0.717, 1.165) is 41.5 Å². The molecule has 6 nitrogen and oxygen atoms in total. The summed E-state index contributed by atoms with van der Waals surface area (Å²) in [5.41, 5.74) is 4.12. The second kappa shape index (κ2) is 9.74. The van der Waals surface area contributed by atoms with Gasteiger partial charge in [-0.05, 0) is 67.7 Å². The van der Waals surface area contributed by atoms with Gasteiger partial charge in [0.25, 0.3) is 5.56 Å². The van der Waals surface area contributed by atoms with Gasteiger partial charge in [-0.2, -0.15) is 0 Å². The molecule has 7 heteroatoms. The van der Waals surface area contributed by atoms with Gasteiger partial charge in [-0.3, -0.25) is 14.4 Å². The third-order valence-electron chi connectivity index (χ3n) is 6.09. The summed E-state index contributed by atoms with van der Waals surface area (Å²) in [7, 11) is 0. The average Bonchev–Trinajstić information content (AvgIpc) is 3.51. The fourth-order valence-corrected chi connectivity index (χ4v) is 4.45. The Balaban J connectivity index is 1.61. The summed E-state index contributed by atoms with van der Waals surface area (Å²) in [6.45, 7) is 0. The molecule has 1 atom stereocenters. The maximum Gasteiger partial charge on any atom is 0.303 e. The van der Waals surface area contributed by atoms with Crippen LogP contribution in [0.15, 0.2) is 41.2 Å². The molecule has 4 rings (SSSR count). The molecular formula is C25H27ClN2O4. The van der Waals surface area contributed by atoms with Gasteiger partial charge in [0.05, 0.1) is 0 Å². The van der Waals surface area contributed by atoms with Crippen LogP contribution in [-0.4, -0.2) is 28.0 Å². The van der Waals surface area contributed by atoms with E-state index in [-0.39, 0.29) is 23.9 Å². The molecule has 1 amide bonds. The molecule has 2 heterocycles. The van der Waals surface area contributed by atoms with Gasteiger partial charge in [0.2, 0.25) is 5.91 Å². The largest absolute Gasteiger partial charge is 0.481 e. The number of rotatable bonds is 9. The molecule has 1 saturated carbocycles. The SMILES string of the molecule is O=C(O)CCCCc1ccc(/C(=C\[C@H]2CCC(=O)N2)c2ccc(C3CC3)c(=O)[nH]2)cc1Cl. The van der Waals surface area contributed by atoms with Crippen LogP contribution >= 0.6 is 11.6 Å². The van der Waals surface area contributed by atoms with E-state index in [1.54, 1.807) is 0 Å². The molecule has 168 valence electrons. The van der Waals surface area contributed by atoms with Crippen LogP contribution in [-0.2, 0) is 16.0 Å². The fourth-order valence-electron chi connectivity index (χ4n) is 4.17. The Labute approximate surface area is 191 Å². The van der Waals surface area contributed by atoms with Crippen molar-refractivity contribution in [3.05, 3.63) is 74.2 Å². The standard InChI is InChI=1S/C25H27ClN2O4/c26-21-13-17(8-7-16(21)3-1-2-4-24(30)31)20(14-18-9-12-23(29)27-18)22-11-10-19(15-5-6-15)25(32)28-22/h7-8,10-11,13-15,18H,1-6,9,12H2,(H,27,29)(H,28,32)(H,30,31)/b20-14+/t18-/m1/s1. The first-order valence-corrected chi connectivity index (χ1v) is 11.5. The van der Waals surface area contributed by atoms with Crippen LogP contribution in [0.1, 0.15) is 73.2 Å².